The van der Waals surface area contributed by atoms with E-state index >= 15 is 0 Å². The number of benzene rings is 2. The van der Waals surface area contributed by atoms with Crippen molar-refractivity contribution in [2.45, 2.75) is 18.3 Å². The van der Waals surface area contributed by atoms with Crippen molar-refractivity contribution in [1.29, 1.82) is 0 Å². The van der Waals surface area contributed by atoms with Crippen LogP contribution in [0.25, 0.3) is 0 Å². The molecule has 2 aromatic rings. The van der Waals surface area contributed by atoms with Crippen LogP contribution in [0.4, 0.5) is 0 Å². The lowest BCUT2D eigenvalue weighted by molar-refractivity contribution is -0.146. The van der Waals surface area contributed by atoms with Crippen molar-refractivity contribution in [2.75, 3.05) is 13.7 Å². The van der Waals surface area contributed by atoms with Crippen molar-refractivity contribution in [3.05, 3.63) is 63.6 Å². The Bertz CT molecular complexity index is 904. The van der Waals surface area contributed by atoms with E-state index in [1.807, 2.05) is 6.07 Å². The Labute approximate surface area is 172 Å². The summed E-state index contributed by atoms with van der Waals surface area (Å²) in [4.78, 5) is 24.2. The summed E-state index contributed by atoms with van der Waals surface area (Å²) in [6, 6.07) is 12.3. The van der Waals surface area contributed by atoms with Crippen LogP contribution < -0.4 is 10.2 Å². The van der Waals surface area contributed by atoms with E-state index in [9.17, 15) is 9.59 Å². The summed E-state index contributed by atoms with van der Waals surface area (Å²) in [6.45, 7) is 0.372. The van der Waals surface area contributed by atoms with E-state index < -0.39 is 23.2 Å². The number of rotatable bonds is 7. The monoisotopic (exact) mass is 423 g/mol. The molecule has 1 aliphatic carbocycles. The molecule has 28 heavy (non-hydrogen) atoms. The molecule has 2 unspecified atom stereocenters. The molecule has 148 valence electrons. The Morgan fingerprint density at radius 3 is 2.71 bits per heavy atom. The van der Waals surface area contributed by atoms with E-state index in [1.54, 1.807) is 41.9 Å². The fourth-order valence-corrected chi connectivity index (χ4v) is 3.87. The third kappa shape index (κ3) is 3.94. The second kappa shape index (κ2) is 8.39. The van der Waals surface area contributed by atoms with E-state index in [0.717, 1.165) is 5.56 Å². The summed E-state index contributed by atoms with van der Waals surface area (Å²) in [6.07, 6.45) is 0.841. The van der Waals surface area contributed by atoms with Gasteiger partial charge < -0.3 is 9.47 Å². The summed E-state index contributed by atoms with van der Waals surface area (Å²) in [5, 5.41) is 10.0. The highest BCUT2D eigenvalue weighted by Crippen LogP contribution is 2.55. The zero-order chi connectivity index (χ0) is 20.3. The van der Waals surface area contributed by atoms with E-state index in [1.165, 1.54) is 7.11 Å². The summed E-state index contributed by atoms with van der Waals surface area (Å²) in [5.74, 6) is -1.27. The number of halogens is 2. The van der Waals surface area contributed by atoms with Crippen LogP contribution in [0.1, 0.15) is 17.5 Å². The maximum atomic E-state index is 12.4. The van der Waals surface area contributed by atoms with Gasteiger partial charge in [-0.15, -0.1) is 0 Å². The van der Waals surface area contributed by atoms with Gasteiger partial charge in [0, 0.05) is 16.5 Å². The first-order valence-corrected chi connectivity index (χ1v) is 9.37. The maximum Gasteiger partial charge on any atom is 0.317 e. The van der Waals surface area contributed by atoms with Crippen molar-refractivity contribution in [2.24, 2.45) is 5.92 Å². The van der Waals surface area contributed by atoms with Crippen LogP contribution in [0.2, 0.25) is 10.0 Å². The fraction of sp³-hybridized carbons (Fsp3) is 0.300. The number of carbonyl (C=O) groups excluding carboxylic acids is 2. The predicted molar refractivity (Wildman–Crippen MR) is 104 cm³/mol. The van der Waals surface area contributed by atoms with Crippen LogP contribution in [-0.2, 0) is 26.2 Å². The van der Waals surface area contributed by atoms with Gasteiger partial charge in [0.1, 0.15) is 11.2 Å². The zero-order valence-electron chi connectivity index (χ0n) is 15.1. The van der Waals surface area contributed by atoms with Gasteiger partial charge in [-0.05, 0) is 41.8 Å². The Hall–Kier alpha value is -2.28. The molecule has 0 aliphatic heterocycles. The van der Waals surface area contributed by atoms with Gasteiger partial charge >= 0.3 is 5.97 Å². The molecule has 8 heteroatoms. The quantitative estimate of drug-likeness (QED) is 0.404. The molecule has 0 spiro atoms. The molecule has 1 saturated carbocycles. The molecule has 1 amide bonds. The van der Waals surface area contributed by atoms with Gasteiger partial charge in [-0.3, -0.25) is 14.8 Å². The SMILES string of the molecule is COC(=O)C1(c2cccc(OCCc3ccc(Cl)cc3Cl)c2)CC1C(=O)NO. The third-order valence-electron chi connectivity index (χ3n) is 4.94. The molecule has 3 rings (SSSR count). The van der Waals surface area contributed by atoms with Gasteiger partial charge in [-0.25, -0.2) is 5.48 Å². The van der Waals surface area contributed by atoms with Crippen LogP contribution in [-0.4, -0.2) is 30.8 Å². The first-order chi connectivity index (χ1) is 13.4. The number of carbonyl (C=O) groups is 2. The normalized spacial score (nSPS) is 20.4. The Kier molecular flexibility index (Phi) is 6.13. The highest BCUT2D eigenvalue weighted by Gasteiger charge is 2.65. The smallest absolute Gasteiger partial charge is 0.317 e. The predicted octanol–water partition coefficient (Wildman–Crippen LogP) is 3.55. The van der Waals surface area contributed by atoms with Gasteiger partial charge in [0.25, 0.3) is 0 Å². The first kappa shape index (κ1) is 20.5. The second-order valence-electron chi connectivity index (χ2n) is 6.56. The first-order valence-electron chi connectivity index (χ1n) is 8.62. The lowest BCUT2D eigenvalue weighted by Gasteiger charge is -2.16. The number of esters is 1. The van der Waals surface area contributed by atoms with Crippen molar-refractivity contribution < 1.29 is 24.3 Å². The van der Waals surface area contributed by atoms with Crippen molar-refractivity contribution in [3.8, 4) is 5.75 Å². The van der Waals surface area contributed by atoms with Crippen LogP contribution in [0.15, 0.2) is 42.5 Å². The Balaban J connectivity index is 1.73. The maximum absolute atomic E-state index is 12.4. The number of hydroxylamine groups is 1. The van der Waals surface area contributed by atoms with E-state index in [0.29, 0.717) is 34.4 Å². The number of nitrogens with one attached hydrogen (secondary N) is 1. The minimum absolute atomic E-state index is 0.260. The molecular weight excluding hydrogens is 405 g/mol. The Morgan fingerprint density at radius 2 is 2.04 bits per heavy atom. The average molecular weight is 424 g/mol. The lowest BCUT2D eigenvalue weighted by atomic mass is 9.92. The molecule has 0 aromatic heterocycles. The molecule has 0 saturated heterocycles. The summed E-state index contributed by atoms with van der Waals surface area (Å²) in [5.41, 5.74) is 2.01. The van der Waals surface area contributed by atoms with Crippen molar-refractivity contribution in [1.82, 2.24) is 5.48 Å². The topological polar surface area (TPSA) is 84.9 Å². The molecule has 0 radical (unpaired) electrons. The average Bonchev–Trinajstić information content (AvgIpc) is 3.46. The van der Waals surface area contributed by atoms with Crippen LogP contribution in [0.5, 0.6) is 5.75 Å². The minimum Gasteiger partial charge on any atom is -0.493 e. The molecule has 0 bridgehead atoms. The number of amides is 1. The van der Waals surface area contributed by atoms with Gasteiger partial charge in [0.15, 0.2) is 0 Å². The Morgan fingerprint density at radius 1 is 1.25 bits per heavy atom. The second-order valence-corrected chi connectivity index (χ2v) is 7.40. The highest BCUT2D eigenvalue weighted by molar-refractivity contribution is 6.35. The lowest BCUT2D eigenvalue weighted by Crippen LogP contribution is -2.31. The van der Waals surface area contributed by atoms with E-state index in [-0.39, 0.29) is 6.42 Å². The molecule has 2 N–H and O–H groups in total. The van der Waals surface area contributed by atoms with E-state index in [2.05, 4.69) is 0 Å². The van der Waals surface area contributed by atoms with Gasteiger partial charge in [-0.1, -0.05) is 41.4 Å². The number of hydrogen-bond acceptors (Lipinski definition) is 5. The number of ether oxygens (including phenoxy) is 2. The van der Waals surface area contributed by atoms with Crippen molar-refractivity contribution >= 4 is 35.1 Å². The molecule has 2 atom stereocenters. The number of hydrogen-bond donors (Lipinski definition) is 2. The molecule has 2 aromatic carbocycles. The standard InChI is InChI=1S/C20H19Cl2NO5/c1-27-19(25)20(11-16(20)18(24)23-26)13-3-2-4-15(9-13)28-8-7-12-5-6-14(21)10-17(12)22/h2-6,9-10,16,26H,7-8,11H2,1H3,(H,23,24). The zero-order valence-corrected chi connectivity index (χ0v) is 16.6. The minimum atomic E-state index is -1.11. The van der Waals surface area contributed by atoms with Gasteiger partial charge in [0.2, 0.25) is 5.91 Å². The van der Waals surface area contributed by atoms with Crippen LogP contribution in [0, 0.1) is 5.92 Å². The van der Waals surface area contributed by atoms with Crippen LogP contribution >= 0.6 is 23.2 Å². The largest absolute Gasteiger partial charge is 0.493 e. The molecule has 0 heterocycles. The highest BCUT2D eigenvalue weighted by atomic mass is 35.5. The number of methoxy groups -OCH3 is 1. The third-order valence-corrected chi connectivity index (χ3v) is 5.53. The van der Waals surface area contributed by atoms with Crippen LogP contribution in [0.3, 0.4) is 0 Å². The molecule has 6 nitrogen and oxygen atoms in total. The van der Waals surface area contributed by atoms with E-state index in [4.69, 9.17) is 37.9 Å². The van der Waals surface area contributed by atoms with Gasteiger partial charge in [-0.2, -0.15) is 0 Å². The molecule has 1 fully saturated rings. The summed E-state index contributed by atoms with van der Waals surface area (Å²) >= 11 is 12.1. The summed E-state index contributed by atoms with van der Waals surface area (Å²) in [7, 11) is 1.27. The summed E-state index contributed by atoms with van der Waals surface area (Å²) < 4.78 is 10.7. The fourth-order valence-electron chi connectivity index (χ4n) is 3.37. The molecular formula is C20H19Cl2NO5. The van der Waals surface area contributed by atoms with Gasteiger partial charge in [0.05, 0.1) is 19.6 Å². The molecule has 1 aliphatic rings. The van der Waals surface area contributed by atoms with Crippen molar-refractivity contribution in [3.63, 3.8) is 0 Å².